The van der Waals surface area contributed by atoms with Crippen molar-refractivity contribution in [3.05, 3.63) is 11.5 Å². The van der Waals surface area contributed by atoms with Crippen LogP contribution in [0.2, 0.25) is 5.28 Å². The van der Waals surface area contributed by atoms with Crippen molar-refractivity contribution in [3.63, 3.8) is 0 Å². The van der Waals surface area contributed by atoms with Gasteiger partial charge < -0.3 is 14.5 Å². The van der Waals surface area contributed by atoms with Gasteiger partial charge in [-0.1, -0.05) is 15.9 Å². The number of hydrogen-bond donors (Lipinski definition) is 0. The van der Waals surface area contributed by atoms with Gasteiger partial charge in [0.15, 0.2) is 5.82 Å². The molecule has 1 fully saturated rings. The Morgan fingerprint density at radius 2 is 2.21 bits per heavy atom. The normalized spacial score (nSPS) is 19.9. The fourth-order valence-corrected chi connectivity index (χ4v) is 3.24. The van der Waals surface area contributed by atoms with Crippen LogP contribution in [0.1, 0.15) is 12.8 Å². The Bertz CT molecular complexity index is 455. The van der Waals surface area contributed by atoms with Gasteiger partial charge in [-0.15, -0.1) is 0 Å². The second-order valence-corrected chi connectivity index (χ2v) is 5.89. The molecule has 0 spiro atoms. The van der Waals surface area contributed by atoms with Gasteiger partial charge in [-0.3, -0.25) is 0 Å². The summed E-state index contributed by atoms with van der Waals surface area (Å²) in [6, 6.07) is 0.485. The number of aromatic nitrogens is 2. The molecule has 0 aliphatic carbocycles. The molecule has 1 aromatic heterocycles. The lowest BCUT2D eigenvalue weighted by atomic mass is 10.1. The van der Waals surface area contributed by atoms with Gasteiger partial charge in [0.05, 0.1) is 12.9 Å². The van der Waals surface area contributed by atoms with Crippen LogP contribution in [0.3, 0.4) is 0 Å². The topological polar surface area (TPSA) is 41.5 Å². The fraction of sp³-hybridized carbons (Fsp3) is 0.667. The van der Waals surface area contributed by atoms with E-state index in [1.165, 1.54) is 0 Å². The summed E-state index contributed by atoms with van der Waals surface area (Å²) in [6.07, 6.45) is 3.92. The number of fused-ring (bicyclic) bond motifs is 1. The first-order valence-electron chi connectivity index (χ1n) is 6.47. The molecule has 2 aliphatic rings. The quantitative estimate of drug-likeness (QED) is 0.620. The molecule has 0 N–H and O–H groups in total. The number of halogens is 2. The molecule has 1 aromatic rings. The molecule has 7 heteroatoms. The zero-order chi connectivity index (χ0) is 13.2. The first kappa shape index (κ1) is 13.4. The molecular formula is C12H16BrClN4O. The van der Waals surface area contributed by atoms with Crippen LogP contribution in [0, 0.1) is 0 Å². The smallest absolute Gasteiger partial charge is 0.224 e. The SMILES string of the molecule is Clc1ncc2c(n1)N(C1CCOCC1)CN2CCBr. The molecule has 3 rings (SSSR count). The van der Waals surface area contributed by atoms with E-state index in [9.17, 15) is 0 Å². The van der Waals surface area contributed by atoms with Gasteiger partial charge in [0.2, 0.25) is 5.28 Å². The van der Waals surface area contributed by atoms with Crippen LogP contribution in [0.25, 0.3) is 0 Å². The molecule has 0 aromatic carbocycles. The van der Waals surface area contributed by atoms with Gasteiger partial charge in [0.1, 0.15) is 5.69 Å². The van der Waals surface area contributed by atoms with E-state index in [0.29, 0.717) is 11.3 Å². The lowest BCUT2D eigenvalue weighted by Gasteiger charge is -2.32. The summed E-state index contributed by atoms with van der Waals surface area (Å²) in [7, 11) is 0. The third-order valence-electron chi connectivity index (χ3n) is 3.64. The maximum Gasteiger partial charge on any atom is 0.224 e. The van der Waals surface area contributed by atoms with Crippen LogP contribution in [0.5, 0.6) is 0 Å². The van der Waals surface area contributed by atoms with Crippen LogP contribution >= 0.6 is 27.5 Å². The molecule has 5 nitrogen and oxygen atoms in total. The third kappa shape index (κ3) is 2.66. The van der Waals surface area contributed by atoms with Crippen LogP contribution in [-0.2, 0) is 4.74 Å². The Morgan fingerprint density at radius 3 is 2.95 bits per heavy atom. The van der Waals surface area contributed by atoms with Crippen LogP contribution in [-0.4, -0.2) is 47.8 Å². The Kier molecular flexibility index (Phi) is 4.10. The van der Waals surface area contributed by atoms with Gasteiger partial charge in [0, 0.05) is 31.1 Å². The molecular weight excluding hydrogens is 332 g/mol. The molecule has 0 radical (unpaired) electrons. The Morgan fingerprint density at radius 1 is 1.42 bits per heavy atom. The second kappa shape index (κ2) is 5.81. The number of alkyl halides is 1. The first-order chi connectivity index (χ1) is 9.29. The standard InChI is InChI=1S/C12H16BrClN4O/c13-3-4-17-8-18(9-1-5-19-6-2-9)11-10(17)7-15-12(14)16-11/h7,9H,1-6,8H2. The van der Waals surface area contributed by atoms with Crippen LogP contribution < -0.4 is 9.80 Å². The van der Waals surface area contributed by atoms with Crippen molar-refractivity contribution in [2.45, 2.75) is 18.9 Å². The van der Waals surface area contributed by atoms with E-state index in [1.54, 1.807) is 0 Å². The van der Waals surface area contributed by atoms with E-state index >= 15 is 0 Å². The summed E-state index contributed by atoms with van der Waals surface area (Å²) in [5.74, 6) is 0.966. The fourth-order valence-electron chi connectivity index (χ4n) is 2.69. The summed E-state index contributed by atoms with van der Waals surface area (Å²) in [4.78, 5) is 13.2. The van der Waals surface area contributed by atoms with Gasteiger partial charge in [-0.25, -0.2) is 4.98 Å². The van der Waals surface area contributed by atoms with Crippen molar-refractivity contribution in [3.8, 4) is 0 Å². The molecule has 2 aliphatic heterocycles. The van der Waals surface area contributed by atoms with E-state index in [-0.39, 0.29) is 0 Å². The van der Waals surface area contributed by atoms with Crippen molar-refractivity contribution >= 4 is 39.0 Å². The van der Waals surface area contributed by atoms with E-state index in [1.807, 2.05) is 6.20 Å². The predicted molar refractivity (Wildman–Crippen MR) is 79.4 cm³/mol. The lowest BCUT2D eigenvalue weighted by Crippen LogP contribution is -2.42. The number of ether oxygens (including phenoxy) is 1. The molecule has 19 heavy (non-hydrogen) atoms. The zero-order valence-electron chi connectivity index (χ0n) is 10.6. The monoisotopic (exact) mass is 346 g/mol. The molecule has 0 atom stereocenters. The first-order valence-corrected chi connectivity index (χ1v) is 7.97. The zero-order valence-corrected chi connectivity index (χ0v) is 12.9. The summed E-state index contributed by atoms with van der Waals surface area (Å²) in [5, 5.41) is 1.24. The summed E-state index contributed by atoms with van der Waals surface area (Å²) < 4.78 is 5.44. The summed E-state index contributed by atoms with van der Waals surface area (Å²) in [6.45, 7) is 3.46. The van der Waals surface area contributed by atoms with Gasteiger partial charge in [0.25, 0.3) is 0 Å². The van der Waals surface area contributed by atoms with Crippen molar-refractivity contribution in [1.29, 1.82) is 0 Å². The highest BCUT2D eigenvalue weighted by Gasteiger charge is 2.33. The lowest BCUT2D eigenvalue weighted by molar-refractivity contribution is 0.0846. The van der Waals surface area contributed by atoms with Crippen LogP contribution in [0.4, 0.5) is 11.5 Å². The van der Waals surface area contributed by atoms with Crippen molar-refractivity contribution in [1.82, 2.24) is 9.97 Å². The van der Waals surface area contributed by atoms with E-state index < -0.39 is 0 Å². The van der Waals surface area contributed by atoms with Crippen molar-refractivity contribution < 1.29 is 4.74 Å². The van der Waals surface area contributed by atoms with Gasteiger partial charge in [-0.05, 0) is 24.4 Å². The average Bonchev–Trinajstić information content (AvgIpc) is 2.78. The Labute approximate surface area is 126 Å². The predicted octanol–water partition coefficient (Wildman–Crippen LogP) is 2.29. The minimum absolute atomic E-state index is 0.316. The molecule has 0 amide bonds. The maximum atomic E-state index is 5.95. The van der Waals surface area contributed by atoms with Crippen molar-refractivity contribution in [2.75, 3.05) is 41.6 Å². The summed E-state index contributed by atoms with van der Waals surface area (Å²) in [5.41, 5.74) is 1.08. The average molecular weight is 348 g/mol. The second-order valence-electron chi connectivity index (χ2n) is 4.76. The molecule has 0 bridgehead atoms. The number of anilines is 2. The minimum atomic E-state index is 0.316. The minimum Gasteiger partial charge on any atom is -0.381 e. The number of rotatable bonds is 3. The van der Waals surface area contributed by atoms with Crippen LogP contribution in [0.15, 0.2) is 6.20 Å². The molecule has 3 heterocycles. The molecule has 0 saturated carbocycles. The highest BCUT2D eigenvalue weighted by molar-refractivity contribution is 9.09. The van der Waals surface area contributed by atoms with Gasteiger partial charge >= 0.3 is 0 Å². The highest BCUT2D eigenvalue weighted by atomic mass is 79.9. The maximum absolute atomic E-state index is 5.95. The summed E-state index contributed by atoms with van der Waals surface area (Å²) >= 11 is 9.45. The Hall–Kier alpha value is -0.590. The molecule has 104 valence electrons. The Balaban J connectivity index is 1.88. The van der Waals surface area contributed by atoms with E-state index in [0.717, 1.165) is 56.1 Å². The molecule has 1 saturated heterocycles. The number of hydrogen-bond acceptors (Lipinski definition) is 5. The number of nitrogens with zero attached hydrogens (tertiary/aromatic N) is 4. The van der Waals surface area contributed by atoms with E-state index in [2.05, 4.69) is 35.7 Å². The largest absolute Gasteiger partial charge is 0.381 e. The third-order valence-corrected chi connectivity index (χ3v) is 4.18. The van der Waals surface area contributed by atoms with Crippen molar-refractivity contribution in [2.24, 2.45) is 0 Å². The highest BCUT2D eigenvalue weighted by Crippen LogP contribution is 2.37. The van der Waals surface area contributed by atoms with E-state index in [4.69, 9.17) is 16.3 Å². The van der Waals surface area contributed by atoms with Gasteiger partial charge in [-0.2, -0.15) is 4.98 Å². The molecule has 0 unspecified atom stereocenters.